The lowest BCUT2D eigenvalue weighted by Gasteiger charge is -2.60. The molecule has 0 aromatic heterocycles. The van der Waals surface area contributed by atoms with Gasteiger partial charge in [0.1, 0.15) is 0 Å². The Kier molecular flexibility index (Phi) is 6.24. The number of rotatable bonds is 5. The van der Waals surface area contributed by atoms with Crippen LogP contribution in [0.15, 0.2) is 11.6 Å². The molecule has 0 spiro atoms. The number of hydrogen-bond acceptors (Lipinski definition) is 7. The van der Waals surface area contributed by atoms with Gasteiger partial charge in [-0.2, -0.15) is 0 Å². The fraction of sp³-hybridized carbons (Fsp3) is 0.889. The minimum Gasteiger partial charge on any atom is -0.390 e. The fourth-order valence-corrected chi connectivity index (χ4v) is 8.32. The van der Waals surface area contributed by atoms with Gasteiger partial charge in [-0.3, -0.25) is 4.79 Å². The summed E-state index contributed by atoms with van der Waals surface area (Å²) in [7, 11) is 0. The minimum atomic E-state index is -1.46. The smallest absolute Gasteiger partial charge is 0.159 e. The molecule has 0 radical (unpaired) electrons. The van der Waals surface area contributed by atoms with Gasteiger partial charge in [-0.1, -0.05) is 13.8 Å². The molecule has 10 atom stereocenters. The lowest BCUT2D eigenvalue weighted by Crippen LogP contribution is -2.62. The first-order valence-electron chi connectivity index (χ1n) is 12.9. The Morgan fingerprint density at radius 3 is 2.32 bits per heavy atom. The van der Waals surface area contributed by atoms with E-state index >= 15 is 0 Å². The minimum absolute atomic E-state index is 0.0840. The van der Waals surface area contributed by atoms with Crippen LogP contribution in [0.3, 0.4) is 0 Å². The number of carbonyl (C=O) groups excluding carboxylic acids is 1. The summed E-state index contributed by atoms with van der Waals surface area (Å²) in [5, 5.41) is 65.5. The van der Waals surface area contributed by atoms with Gasteiger partial charge in [0.15, 0.2) is 5.78 Å². The van der Waals surface area contributed by atoms with Gasteiger partial charge in [-0.25, -0.2) is 0 Å². The van der Waals surface area contributed by atoms with E-state index in [0.717, 1.165) is 0 Å². The molecular formula is C27H44O7. The highest BCUT2D eigenvalue weighted by Gasteiger charge is 2.69. The molecule has 7 nitrogen and oxygen atoms in total. The zero-order valence-corrected chi connectivity index (χ0v) is 21.3. The molecule has 0 heterocycles. The van der Waals surface area contributed by atoms with Gasteiger partial charge in [-0.05, 0) is 101 Å². The summed E-state index contributed by atoms with van der Waals surface area (Å²) in [5.41, 5.74) is -4.27. The SMILES string of the molecule is CC(C)(O)CCC(O)[C@@](C)(O)[C@H]1CC[C@@]2(O)C3=CC(=O)C4C[C@@H](O)[C@@H](O)C[C@]4(C)[C@H]3CC[C@]12C. The third-order valence-electron chi connectivity index (χ3n) is 10.5. The van der Waals surface area contributed by atoms with Crippen molar-refractivity contribution < 1.29 is 35.4 Å². The van der Waals surface area contributed by atoms with Crippen molar-refractivity contribution >= 4 is 5.78 Å². The topological polar surface area (TPSA) is 138 Å². The Morgan fingerprint density at radius 1 is 1.06 bits per heavy atom. The van der Waals surface area contributed by atoms with E-state index in [0.29, 0.717) is 44.1 Å². The number of carbonyl (C=O) groups is 1. The molecule has 0 aliphatic heterocycles. The van der Waals surface area contributed by atoms with Crippen LogP contribution in [0.4, 0.5) is 0 Å². The zero-order valence-electron chi connectivity index (χ0n) is 21.3. The van der Waals surface area contributed by atoms with Crippen LogP contribution in [0.1, 0.15) is 86.0 Å². The number of ketones is 1. The van der Waals surface area contributed by atoms with Crippen molar-refractivity contribution in [2.75, 3.05) is 0 Å². The number of hydrogen-bond donors (Lipinski definition) is 6. The Balaban J connectivity index is 1.66. The highest BCUT2D eigenvalue weighted by atomic mass is 16.3. The van der Waals surface area contributed by atoms with E-state index in [1.807, 2.05) is 13.8 Å². The second-order valence-corrected chi connectivity index (χ2v) is 13.2. The standard InChI is InChI=1S/C27H44O7/c1-23(2,32)9-8-22(31)26(5,33)21-7-11-27(34)16-12-18(28)17-13-19(29)20(30)14-24(17,3)15(16)6-10-25(21,27)4/h12,15,17,19-22,29-34H,6-11,13-14H2,1-5H3/t15-,17?,19+,20-,21-,22?,24+,25+,26-,27+/m0/s1. The summed E-state index contributed by atoms with van der Waals surface area (Å²) in [5.74, 6) is -0.948. The molecule has 4 aliphatic carbocycles. The van der Waals surface area contributed by atoms with Gasteiger partial charge in [0.2, 0.25) is 0 Å². The molecule has 7 heteroatoms. The molecule has 0 aromatic rings. The van der Waals surface area contributed by atoms with Crippen LogP contribution < -0.4 is 0 Å². The maximum absolute atomic E-state index is 13.2. The van der Waals surface area contributed by atoms with Crippen LogP contribution in [0.5, 0.6) is 0 Å². The number of fused-ring (bicyclic) bond motifs is 5. The second kappa shape index (κ2) is 8.09. The molecule has 0 amide bonds. The Morgan fingerprint density at radius 2 is 1.71 bits per heavy atom. The van der Waals surface area contributed by atoms with E-state index < -0.39 is 45.9 Å². The van der Waals surface area contributed by atoms with E-state index in [1.165, 1.54) is 0 Å². The van der Waals surface area contributed by atoms with Gasteiger partial charge in [-0.15, -0.1) is 0 Å². The average Bonchev–Trinajstić information content (AvgIpc) is 3.00. The van der Waals surface area contributed by atoms with Crippen LogP contribution in [0.25, 0.3) is 0 Å². The maximum Gasteiger partial charge on any atom is 0.159 e. The van der Waals surface area contributed by atoms with E-state index in [9.17, 15) is 35.4 Å². The molecule has 194 valence electrons. The normalized spacial score (nSPS) is 47.2. The molecule has 2 unspecified atom stereocenters. The van der Waals surface area contributed by atoms with E-state index in [2.05, 4.69) is 0 Å². The summed E-state index contributed by atoms with van der Waals surface area (Å²) < 4.78 is 0. The lowest BCUT2D eigenvalue weighted by molar-refractivity contribution is -0.177. The molecule has 6 N–H and O–H groups in total. The Hall–Kier alpha value is -0.830. The third-order valence-corrected chi connectivity index (χ3v) is 10.5. The number of allylic oxidation sites excluding steroid dienone is 1. The summed E-state index contributed by atoms with van der Waals surface area (Å²) in [6.45, 7) is 8.96. The highest BCUT2D eigenvalue weighted by molar-refractivity contribution is 5.95. The van der Waals surface area contributed by atoms with Crippen LogP contribution >= 0.6 is 0 Å². The molecular weight excluding hydrogens is 436 g/mol. The molecule has 0 aromatic carbocycles. The Labute approximate surface area is 202 Å². The van der Waals surface area contributed by atoms with Crippen molar-refractivity contribution in [3.8, 4) is 0 Å². The van der Waals surface area contributed by atoms with Gasteiger partial charge in [0.05, 0.1) is 35.1 Å². The van der Waals surface area contributed by atoms with E-state index in [1.54, 1.807) is 26.8 Å². The molecule has 3 saturated carbocycles. The summed E-state index contributed by atoms with van der Waals surface area (Å²) in [6, 6.07) is 0. The van der Waals surface area contributed by atoms with Crippen molar-refractivity contribution in [1.82, 2.24) is 0 Å². The van der Waals surface area contributed by atoms with Crippen molar-refractivity contribution in [3.05, 3.63) is 11.6 Å². The monoisotopic (exact) mass is 480 g/mol. The lowest BCUT2D eigenvalue weighted by atomic mass is 9.45. The molecule has 4 aliphatic rings. The van der Waals surface area contributed by atoms with Crippen molar-refractivity contribution in [3.63, 3.8) is 0 Å². The maximum atomic E-state index is 13.2. The van der Waals surface area contributed by atoms with Crippen LogP contribution in [-0.2, 0) is 4.79 Å². The first kappa shape index (κ1) is 26.2. The van der Waals surface area contributed by atoms with Gasteiger partial charge < -0.3 is 30.6 Å². The molecule has 0 bridgehead atoms. The second-order valence-electron chi connectivity index (χ2n) is 13.2. The van der Waals surface area contributed by atoms with E-state index in [-0.39, 0.29) is 36.4 Å². The third kappa shape index (κ3) is 3.73. The van der Waals surface area contributed by atoms with Crippen molar-refractivity contribution in [1.29, 1.82) is 0 Å². The number of aliphatic hydroxyl groups is 6. The molecule has 0 saturated heterocycles. The van der Waals surface area contributed by atoms with Crippen LogP contribution in [-0.4, -0.2) is 71.5 Å². The van der Waals surface area contributed by atoms with Gasteiger partial charge >= 0.3 is 0 Å². The molecule has 34 heavy (non-hydrogen) atoms. The summed E-state index contributed by atoms with van der Waals surface area (Å²) >= 11 is 0. The quantitative estimate of drug-likeness (QED) is 0.353. The van der Waals surface area contributed by atoms with Gasteiger partial charge in [0, 0.05) is 11.3 Å². The first-order chi connectivity index (χ1) is 15.5. The van der Waals surface area contributed by atoms with Gasteiger partial charge in [0.25, 0.3) is 0 Å². The summed E-state index contributed by atoms with van der Waals surface area (Å²) in [4.78, 5) is 13.2. The van der Waals surface area contributed by atoms with E-state index in [4.69, 9.17) is 0 Å². The van der Waals surface area contributed by atoms with Crippen molar-refractivity contribution in [2.24, 2.45) is 28.6 Å². The molecule has 3 fully saturated rings. The predicted molar refractivity (Wildman–Crippen MR) is 127 cm³/mol. The van der Waals surface area contributed by atoms with Crippen molar-refractivity contribution in [2.45, 2.75) is 121 Å². The zero-order chi connectivity index (χ0) is 25.5. The predicted octanol–water partition coefficient (Wildman–Crippen LogP) is 1.85. The highest BCUT2D eigenvalue weighted by Crippen LogP contribution is 2.68. The molecule has 4 rings (SSSR count). The van der Waals surface area contributed by atoms with Crippen LogP contribution in [0, 0.1) is 28.6 Å². The number of aliphatic hydroxyl groups excluding tert-OH is 3. The largest absolute Gasteiger partial charge is 0.390 e. The average molecular weight is 481 g/mol. The fourth-order valence-electron chi connectivity index (χ4n) is 8.32. The first-order valence-corrected chi connectivity index (χ1v) is 12.9. The van der Waals surface area contributed by atoms with Crippen LogP contribution in [0.2, 0.25) is 0 Å². The summed E-state index contributed by atoms with van der Waals surface area (Å²) in [6.07, 6.45) is 2.11. The Bertz CT molecular complexity index is 860.